The monoisotopic (exact) mass is 442 g/mol. The summed E-state index contributed by atoms with van der Waals surface area (Å²) in [6, 6.07) is 31.9. The molecule has 2 nitrogen and oxygen atoms in total. The van der Waals surface area contributed by atoms with Crippen molar-refractivity contribution in [1.82, 2.24) is 0 Å². The second kappa shape index (κ2) is 9.58. The molecule has 4 rings (SSSR count). The summed E-state index contributed by atoms with van der Waals surface area (Å²) in [7, 11) is -2.61. The molecule has 3 aromatic carbocycles. The number of hydrogen-bond acceptors (Lipinski definition) is 2. The molecule has 0 bridgehead atoms. The first-order valence-electron chi connectivity index (χ1n) is 11.6. The van der Waals surface area contributed by atoms with Crippen molar-refractivity contribution in [3.05, 3.63) is 102 Å². The topological polar surface area (TPSA) is 29.5 Å². The highest BCUT2D eigenvalue weighted by Crippen LogP contribution is 2.39. The zero-order valence-corrected chi connectivity index (χ0v) is 20.4. The minimum absolute atomic E-state index is 0.0249. The maximum absolute atomic E-state index is 10.9. The average Bonchev–Trinajstić information content (AvgIpc) is 3.14. The van der Waals surface area contributed by atoms with E-state index in [4.69, 9.17) is 4.43 Å². The lowest BCUT2D eigenvalue weighted by Gasteiger charge is -2.43. The van der Waals surface area contributed by atoms with E-state index in [1.165, 1.54) is 21.5 Å². The van der Waals surface area contributed by atoms with Gasteiger partial charge in [-0.15, -0.1) is 0 Å². The van der Waals surface area contributed by atoms with Crippen LogP contribution in [0.3, 0.4) is 0 Å². The largest absolute Gasteiger partial charge is 0.407 e. The molecule has 0 radical (unpaired) electrons. The summed E-state index contributed by atoms with van der Waals surface area (Å²) in [4.78, 5) is 0. The molecule has 0 heterocycles. The molecule has 32 heavy (non-hydrogen) atoms. The normalized spacial score (nSPS) is 20.6. The van der Waals surface area contributed by atoms with Crippen molar-refractivity contribution >= 4 is 24.8 Å². The van der Waals surface area contributed by atoms with Crippen LogP contribution >= 0.6 is 0 Å². The van der Waals surface area contributed by atoms with Crippen LogP contribution in [0.25, 0.3) is 6.08 Å². The van der Waals surface area contributed by atoms with E-state index in [1.807, 2.05) is 6.07 Å². The second-order valence-electron chi connectivity index (χ2n) is 9.82. The molecular weight excluding hydrogens is 408 g/mol. The van der Waals surface area contributed by atoms with Crippen LogP contribution in [0.1, 0.15) is 39.2 Å². The van der Waals surface area contributed by atoms with Gasteiger partial charge in [-0.1, -0.05) is 123 Å². The molecule has 0 spiro atoms. The Bertz CT molecular complexity index is 984. The van der Waals surface area contributed by atoms with Crippen LogP contribution in [0, 0.1) is 5.92 Å². The smallest absolute Gasteiger partial charge is 0.261 e. The quantitative estimate of drug-likeness (QED) is 0.517. The van der Waals surface area contributed by atoms with Gasteiger partial charge in [0.15, 0.2) is 0 Å². The fourth-order valence-corrected chi connectivity index (χ4v) is 9.67. The lowest BCUT2D eigenvalue weighted by Crippen LogP contribution is -2.67. The fourth-order valence-electron chi connectivity index (χ4n) is 5.09. The molecule has 3 aromatic rings. The minimum atomic E-state index is -2.61. The van der Waals surface area contributed by atoms with E-state index in [-0.39, 0.29) is 17.1 Å². The number of benzene rings is 3. The lowest BCUT2D eigenvalue weighted by molar-refractivity contribution is 0.107. The fraction of sp³-hybridized carbons (Fsp3) is 0.310. The van der Waals surface area contributed by atoms with Gasteiger partial charge < -0.3 is 9.53 Å². The molecule has 1 aliphatic carbocycles. The zero-order valence-electron chi connectivity index (χ0n) is 19.4. The SMILES string of the molecule is CC(C)(C)[Si](OC[C@@H]1/C(=C/c2ccccc2)CC[C@H]1O)(c1ccccc1)c1ccccc1. The Labute approximate surface area is 193 Å². The molecule has 1 N–H and O–H groups in total. The number of hydrogen-bond donors (Lipinski definition) is 1. The minimum Gasteiger partial charge on any atom is -0.407 e. The average molecular weight is 443 g/mol. The van der Waals surface area contributed by atoms with Crippen molar-refractivity contribution in [3.8, 4) is 0 Å². The van der Waals surface area contributed by atoms with Gasteiger partial charge in [-0.05, 0) is 33.8 Å². The predicted octanol–water partition coefficient (Wildman–Crippen LogP) is 5.42. The first-order chi connectivity index (χ1) is 15.4. The number of aliphatic hydroxyl groups excluding tert-OH is 1. The molecule has 0 unspecified atom stereocenters. The zero-order chi connectivity index (χ0) is 22.6. The Morgan fingerprint density at radius 2 is 1.34 bits per heavy atom. The van der Waals surface area contributed by atoms with Gasteiger partial charge in [-0.3, -0.25) is 0 Å². The van der Waals surface area contributed by atoms with Crippen molar-refractivity contribution in [2.45, 2.75) is 44.8 Å². The van der Waals surface area contributed by atoms with Crippen LogP contribution in [0.4, 0.5) is 0 Å². The summed E-state index contributed by atoms with van der Waals surface area (Å²) >= 11 is 0. The molecule has 3 heteroatoms. The van der Waals surface area contributed by atoms with Gasteiger partial charge >= 0.3 is 0 Å². The van der Waals surface area contributed by atoms with E-state index in [9.17, 15) is 5.11 Å². The van der Waals surface area contributed by atoms with Gasteiger partial charge in [0.25, 0.3) is 8.32 Å². The van der Waals surface area contributed by atoms with Crippen molar-refractivity contribution in [2.75, 3.05) is 6.61 Å². The van der Waals surface area contributed by atoms with Crippen LogP contribution in [0.15, 0.2) is 96.6 Å². The third-order valence-electron chi connectivity index (χ3n) is 6.72. The van der Waals surface area contributed by atoms with Gasteiger partial charge in [0.1, 0.15) is 0 Å². The molecule has 166 valence electrons. The van der Waals surface area contributed by atoms with Crippen LogP contribution < -0.4 is 10.4 Å². The van der Waals surface area contributed by atoms with Crippen LogP contribution in [0.2, 0.25) is 5.04 Å². The molecule has 1 fully saturated rings. The van der Waals surface area contributed by atoms with Crippen LogP contribution in [-0.2, 0) is 4.43 Å². The van der Waals surface area contributed by atoms with E-state index in [2.05, 4.69) is 112 Å². The molecule has 0 saturated heterocycles. The first-order valence-corrected chi connectivity index (χ1v) is 13.5. The van der Waals surface area contributed by atoms with Crippen molar-refractivity contribution in [3.63, 3.8) is 0 Å². The molecule has 1 aliphatic rings. The van der Waals surface area contributed by atoms with Crippen molar-refractivity contribution < 1.29 is 9.53 Å². The third kappa shape index (κ3) is 4.51. The number of rotatable bonds is 6. The molecular formula is C29H34O2Si. The van der Waals surface area contributed by atoms with E-state index < -0.39 is 8.32 Å². The van der Waals surface area contributed by atoms with E-state index in [1.54, 1.807) is 0 Å². The maximum atomic E-state index is 10.9. The van der Waals surface area contributed by atoms with Gasteiger partial charge in [0.05, 0.1) is 6.10 Å². The maximum Gasteiger partial charge on any atom is 0.261 e. The Morgan fingerprint density at radius 3 is 1.84 bits per heavy atom. The van der Waals surface area contributed by atoms with Crippen molar-refractivity contribution in [1.29, 1.82) is 0 Å². The Morgan fingerprint density at radius 1 is 0.844 bits per heavy atom. The highest BCUT2D eigenvalue weighted by atomic mass is 28.4. The molecule has 2 atom stereocenters. The Hall–Kier alpha value is -2.46. The first kappa shape index (κ1) is 22.7. The summed E-state index contributed by atoms with van der Waals surface area (Å²) < 4.78 is 7.13. The molecule has 0 amide bonds. The standard InChI is InChI=1S/C29H34O2Si/c1-29(2,3)32(25-15-9-5-10-16-25,26-17-11-6-12-18-26)31-22-27-24(19-20-28(27)30)21-23-13-7-4-8-14-23/h4-18,21,27-28,30H,19-20,22H2,1-3H3/b24-21+/t27-,28-/m1/s1. The third-order valence-corrected chi connectivity index (χ3v) is 11.7. The van der Waals surface area contributed by atoms with Gasteiger partial charge in [-0.25, -0.2) is 0 Å². The second-order valence-corrected chi connectivity index (χ2v) is 14.1. The lowest BCUT2D eigenvalue weighted by atomic mass is 10.00. The summed E-state index contributed by atoms with van der Waals surface area (Å²) in [6.45, 7) is 7.42. The van der Waals surface area contributed by atoms with Gasteiger partial charge in [-0.2, -0.15) is 0 Å². The summed E-state index contributed by atoms with van der Waals surface area (Å²) in [5, 5.41) is 13.4. The van der Waals surface area contributed by atoms with Gasteiger partial charge in [0, 0.05) is 12.5 Å². The molecule has 0 aromatic heterocycles. The Balaban J connectivity index is 1.72. The predicted molar refractivity (Wildman–Crippen MR) is 137 cm³/mol. The summed E-state index contributed by atoms with van der Waals surface area (Å²) in [6.07, 6.45) is 3.61. The Kier molecular flexibility index (Phi) is 6.80. The van der Waals surface area contributed by atoms with Crippen LogP contribution in [0.5, 0.6) is 0 Å². The highest BCUT2D eigenvalue weighted by Gasteiger charge is 2.50. The van der Waals surface area contributed by atoms with E-state index in [0.717, 1.165) is 12.8 Å². The van der Waals surface area contributed by atoms with Crippen molar-refractivity contribution in [2.24, 2.45) is 5.92 Å². The molecule has 0 aliphatic heterocycles. The number of aliphatic hydroxyl groups is 1. The van der Waals surface area contributed by atoms with Gasteiger partial charge in [0.2, 0.25) is 0 Å². The van der Waals surface area contributed by atoms with E-state index >= 15 is 0 Å². The summed E-state index contributed by atoms with van der Waals surface area (Å²) in [5.41, 5.74) is 2.48. The van der Waals surface area contributed by atoms with E-state index in [0.29, 0.717) is 6.61 Å². The molecule has 1 saturated carbocycles. The summed E-state index contributed by atoms with van der Waals surface area (Å²) in [5.74, 6) is 0.0249. The van der Waals surface area contributed by atoms with Crippen LogP contribution in [-0.4, -0.2) is 26.1 Å². The highest BCUT2D eigenvalue weighted by molar-refractivity contribution is 6.99.